The number of carbonyl (C=O) groups is 1. The van der Waals surface area contributed by atoms with Gasteiger partial charge >= 0.3 is 5.97 Å². The summed E-state index contributed by atoms with van der Waals surface area (Å²) in [7, 11) is 0. The molecular weight excluding hydrogens is 168 g/mol. The molecule has 5 unspecified atom stereocenters. The maximum Gasteiger partial charge on any atom is 0.322 e. The Bertz CT molecular complexity index is 230. The molecule has 0 saturated carbocycles. The first kappa shape index (κ1) is 8.97. The molecule has 0 aromatic carbocycles. The number of carboxylic acids is 1. The molecule has 4 heteroatoms. The maximum atomic E-state index is 10.9. The van der Waals surface area contributed by atoms with Gasteiger partial charge in [-0.1, -0.05) is 0 Å². The van der Waals surface area contributed by atoms with Gasteiger partial charge in [0.2, 0.25) is 0 Å². The third-order valence-corrected chi connectivity index (χ3v) is 3.54. The zero-order valence-electron chi connectivity index (χ0n) is 8.10. The number of aliphatic carboxylic acids is 1. The Morgan fingerprint density at radius 2 is 2.00 bits per heavy atom. The van der Waals surface area contributed by atoms with Gasteiger partial charge in [-0.3, -0.25) is 14.6 Å². The number of fused-ring (bicyclic) bond motifs is 3. The molecule has 3 aliphatic heterocycles. The Kier molecular flexibility index (Phi) is 2.04. The molecule has 3 rings (SSSR count). The van der Waals surface area contributed by atoms with Crippen LogP contribution in [-0.4, -0.2) is 58.6 Å². The third-order valence-electron chi connectivity index (χ3n) is 3.54. The van der Waals surface area contributed by atoms with Crippen LogP contribution in [0.15, 0.2) is 0 Å². The summed E-state index contributed by atoms with van der Waals surface area (Å²) in [5, 5.41) is 9.00. The van der Waals surface area contributed by atoms with E-state index in [-0.39, 0.29) is 6.04 Å². The van der Waals surface area contributed by atoms with Crippen molar-refractivity contribution < 1.29 is 9.90 Å². The van der Waals surface area contributed by atoms with Crippen molar-refractivity contribution in [1.29, 1.82) is 0 Å². The van der Waals surface area contributed by atoms with Crippen LogP contribution >= 0.6 is 0 Å². The van der Waals surface area contributed by atoms with Gasteiger partial charge in [0.25, 0.3) is 0 Å². The lowest BCUT2D eigenvalue weighted by Crippen LogP contribution is -2.70. The zero-order valence-corrected chi connectivity index (χ0v) is 8.10. The normalized spacial score (nSPS) is 49.2. The monoisotopic (exact) mass is 184 g/mol. The SMILES string of the molecule is CC1C(C)N2CCN1CC2C(=O)O. The Hall–Kier alpha value is -0.610. The van der Waals surface area contributed by atoms with E-state index in [0.717, 1.165) is 13.1 Å². The Morgan fingerprint density at radius 1 is 1.31 bits per heavy atom. The molecule has 3 heterocycles. The van der Waals surface area contributed by atoms with E-state index in [1.54, 1.807) is 0 Å². The lowest BCUT2D eigenvalue weighted by Gasteiger charge is -2.53. The third kappa shape index (κ3) is 1.25. The van der Waals surface area contributed by atoms with Gasteiger partial charge in [0.1, 0.15) is 6.04 Å². The van der Waals surface area contributed by atoms with Crippen molar-refractivity contribution in [3.63, 3.8) is 0 Å². The van der Waals surface area contributed by atoms with E-state index < -0.39 is 5.97 Å². The lowest BCUT2D eigenvalue weighted by atomic mass is 9.96. The van der Waals surface area contributed by atoms with Crippen LogP contribution in [-0.2, 0) is 4.79 Å². The van der Waals surface area contributed by atoms with Crippen molar-refractivity contribution in [3.8, 4) is 0 Å². The predicted octanol–water partition coefficient (Wildman–Crippen LogP) is -0.152. The van der Waals surface area contributed by atoms with E-state index in [1.165, 1.54) is 0 Å². The van der Waals surface area contributed by atoms with Crippen molar-refractivity contribution in [2.24, 2.45) is 0 Å². The molecule has 3 saturated heterocycles. The predicted molar refractivity (Wildman–Crippen MR) is 48.6 cm³/mol. The number of nitrogens with zero attached hydrogens (tertiary/aromatic N) is 2. The standard InChI is InChI=1S/C9H16N2O2/c1-6-7(2)11-4-3-10(6)5-8(11)9(12)13/h6-8H,3-5H2,1-2H3,(H,12,13). The van der Waals surface area contributed by atoms with Crippen LogP contribution in [0.4, 0.5) is 0 Å². The second kappa shape index (κ2) is 2.96. The summed E-state index contributed by atoms with van der Waals surface area (Å²) in [5.41, 5.74) is 0. The van der Waals surface area contributed by atoms with Crippen molar-refractivity contribution >= 4 is 5.97 Å². The highest BCUT2D eigenvalue weighted by molar-refractivity contribution is 5.74. The number of rotatable bonds is 1. The first-order valence-corrected chi connectivity index (χ1v) is 4.84. The van der Waals surface area contributed by atoms with Gasteiger partial charge < -0.3 is 5.11 Å². The van der Waals surface area contributed by atoms with Crippen LogP contribution in [0.2, 0.25) is 0 Å². The highest BCUT2D eigenvalue weighted by Gasteiger charge is 2.44. The summed E-state index contributed by atoms with van der Waals surface area (Å²) >= 11 is 0. The van der Waals surface area contributed by atoms with Gasteiger partial charge in [0.15, 0.2) is 0 Å². The summed E-state index contributed by atoms with van der Waals surface area (Å²) in [5.74, 6) is -0.677. The molecule has 0 aromatic rings. The van der Waals surface area contributed by atoms with Crippen molar-refractivity contribution in [2.75, 3.05) is 19.6 Å². The Balaban J connectivity index is 2.18. The highest BCUT2D eigenvalue weighted by atomic mass is 16.4. The number of carboxylic acid groups (broad SMARTS) is 1. The first-order valence-electron chi connectivity index (χ1n) is 4.84. The fourth-order valence-corrected chi connectivity index (χ4v) is 2.48. The first-order chi connectivity index (χ1) is 6.11. The molecule has 5 atom stereocenters. The summed E-state index contributed by atoms with van der Waals surface area (Å²) in [6.07, 6.45) is 0. The van der Waals surface area contributed by atoms with Gasteiger partial charge in [-0.25, -0.2) is 0 Å². The summed E-state index contributed by atoms with van der Waals surface area (Å²) in [4.78, 5) is 15.3. The summed E-state index contributed by atoms with van der Waals surface area (Å²) in [6, 6.07) is 0.605. The molecule has 3 aliphatic rings. The van der Waals surface area contributed by atoms with Crippen LogP contribution in [0.25, 0.3) is 0 Å². The number of hydrogen-bond donors (Lipinski definition) is 1. The largest absolute Gasteiger partial charge is 0.480 e. The highest BCUT2D eigenvalue weighted by Crippen LogP contribution is 2.26. The van der Waals surface area contributed by atoms with Crippen LogP contribution in [0.1, 0.15) is 13.8 Å². The average molecular weight is 184 g/mol. The number of piperazine rings is 3. The minimum atomic E-state index is -0.677. The summed E-state index contributed by atoms with van der Waals surface area (Å²) in [6.45, 7) is 6.92. The lowest BCUT2D eigenvalue weighted by molar-refractivity contribution is -0.155. The molecule has 74 valence electrons. The molecule has 4 nitrogen and oxygen atoms in total. The van der Waals surface area contributed by atoms with Gasteiger partial charge in [-0.2, -0.15) is 0 Å². The fraction of sp³-hybridized carbons (Fsp3) is 0.889. The molecule has 0 spiro atoms. The minimum Gasteiger partial charge on any atom is -0.480 e. The van der Waals surface area contributed by atoms with E-state index in [4.69, 9.17) is 5.11 Å². The smallest absolute Gasteiger partial charge is 0.322 e. The Labute approximate surface area is 78.1 Å². The fourth-order valence-electron chi connectivity index (χ4n) is 2.48. The van der Waals surface area contributed by atoms with E-state index in [0.29, 0.717) is 18.6 Å². The van der Waals surface area contributed by atoms with Crippen molar-refractivity contribution in [2.45, 2.75) is 32.0 Å². The Morgan fingerprint density at radius 3 is 2.54 bits per heavy atom. The quantitative estimate of drug-likeness (QED) is 0.615. The minimum absolute atomic E-state index is 0.278. The molecule has 0 aliphatic carbocycles. The molecule has 1 N–H and O–H groups in total. The van der Waals surface area contributed by atoms with Crippen LogP contribution in [0, 0.1) is 0 Å². The zero-order chi connectivity index (χ0) is 9.59. The van der Waals surface area contributed by atoms with Gasteiger partial charge in [-0.15, -0.1) is 0 Å². The average Bonchev–Trinajstić information content (AvgIpc) is 2.12. The molecule has 0 amide bonds. The summed E-state index contributed by atoms with van der Waals surface area (Å²) < 4.78 is 0. The maximum absolute atomic E-state index is 10.9. The number of hydrogen-bond acceptors (Lipinski definition) is 3. The van der Waals surface area contributed by atoms with Crippen molar-refractivity contribution in [1.82, 2.24) is 9.80 Å². The van der Waals surface area contributed by atoms with E-state index >= 15 is 0 Å². The van der Waals surface area contributed by atoms with Crippen LogP contribution in [0.3, 0.4) is 0 Å². The van der Waals surface area contributed by atoms with Gasteiger partial charge in [0, 0.05) is 31.7 Å². The second-order valence-corrected chi connectivity index (χ2v) is 4.07. The van der Waals surface area contributed by atoms with Gasteiger partial charge in [-0.05, 0) is 13.8 Å². The van der Waals surface area contributed by atoms with Crippen LogP contribution < -0.4 is 0 Å². The molecule has 13 heavy (non-hydrogen) atoms. The van der Waals surface area contributed by atoms with Crippen LogP contribution in [0.5, 0.6) is 0 Å². The molecular formula is C9H16N2O2. The van der Waals surface area contributed by atoms with E-state index in [2.05, 4.69) is 23.6 Å². The molecule has 2 bridgehead atoms. The molecule has 0 radical (unpaired) electrons. The molecule has 3 fully saturated rings. The van der Waals surface area contributed by atoms with Gasteiger partial charge in [0.05, 0.1) is 0 Å². The second-order valence-electron chi connectivity index (χ2n) is 4.07. The molecule has 0 aromatic heterocycles. The topological polar surface area (TPSA) is 43.8 Å². The van der Waals surface area contributed by atoms with E-state index in [1.807, 2.05) is 0 Å². The van der Waals surface area contributed by atoms with Crippen molar-refractivity contribution in [3.05, 3.63) is 0 Å². The van der Waals surface area contributed by atoms with E-state index in [9.17, 15) is 4.79 Å².